The van der Waals surface area contributed by atoms with Crippen molar-refractivity contribution >= 4 is 35.3 Å². The van der Waals surface area contributed by atoms with Gasteiger partial charge in [-0.25, -0.2) is 4.79 Å². The molecule has 0 radical (unpaired) electrons. The first-order valence-corrected chi connectivity index (χ1v) is 10.1. The maximum Gasteiger partial charge on any atom is 0.412 e. The number of carbonyl (C=O) groups is 3. The van der Waals surface area contributed by atoms with Gasteiger partial charge in [-0.1, -0.05) is 24.1 Å². The van der Waals surface area contributed by atoms with Crippen molar-refractivity contribution in [3.05, 3.63) is 28.8 Å². The van der Waals surface area contributed by atoms with E-state index in [0.717, 1.165) is 37.7 Å². The lowest BCUT2D eigenvalue weighted by Crippen LogP contribution is -2.52. The molecule has 0 aromatic heterocycles. The summed E-state index contributed by atoms with van der Waals surface area (Å²) in [4.78, 5) is 39.3. The van der Waals surface area contributed by atoms with E-state index >= 15 is 0 Å². The van der Waals surface area contributed by atoms with Gasteiger partial charge in [0.15, 0.2) is 0 Å². The number of hydrogen-bond donors (Lipinski definition) is 2. The molecule has 1 heterocycles. The fraction of sp³-hybridized carbons (Fsp3) is 0.550. The zero-order chi connectivity index (χ0) is 20.0. The summed E-state index contributed by atoms with van der Waals surface area (Å²) in [6.07, 6.45) is 3.06. The van der Waals surface area contributed by atoms with E-state index in [4.69, 9.17) is 16.7 Å². The average Bonchev–Trinajstić information content (AvgIpc) is 3.35. The number of nitrogens with zero attached hydrogens (tertiary/aromatic N) is 2. The van der Waals surface area contributed by atoms with E-state index in [2.05, 4.69) is 0 Å². The fourth-order valence-electron chi connectivity index (χ4n) is 4.93. The SMILES string of the molecule is O=C(O)CCC(=O)N(C1CC1)C1c2ccc(Cl)cc2N(C(=O)O)C2CCCC21. The molecule has 0 spiro atoms. The van der Waals surface area contributed by atoms with Crippen LogP contribution in [0.15, 0.2) is 18.2 Å². The van der Waals surface area contributed by atoms with E-state index in [1.54, 1.807) is 12.1 Å². The van der Waals surface area contributed by atoms with Gasteiger partial charge >= 0.3 is 12.1 Å². The monoisotopic (exact) mass is 406 g/mol. The standard InChI is InChI=1S/C20H23ClN2O5/c21-11-4-7-14-16(10-11)23(20(27)28)15-3-1-2-13(15)19(14)22(12-5-6-12)17(24)8-9-18(25)26/h4,7,10,12-13,15,19H,1-3,5-6,8-9H2,(H,25,26)(H,27,28). The van der Waals surface area contributed by atoms with E-state index in [1.807, 2.05) is 11.0 Å². The Morgan fingerprint density at radius 3 is 2.50 bits per heavy atom. The summed E-state index contributed by atoms with van der Waals surface area (Å²) < 4.78 is 0. The predicted octanol–water partition coefficient (Wildman–Crippen LogP) is 3.90. The van der Waals surface area contributed by atoms with E-state index in [9.17, 15) is 19.5 Å². The van der Waals surface area contributed by atoms with Crippen LogP contribution in [-0.4, -0.2) is 45.2 Å². The number of carboxylic acids is 1. The minimum Gasteiger partial charge on any atom is -0.481 e. The molecular weight excluding hydrogens is 384 g/mol. The highest BCUT2D eigenvalue weighted by Crippen LogP contribution is 2.53. The van der Waals surface area contributed by atoms with Crippen molar-refractivity contribution in [1.29, 1.82) is 0 Å². The van der Waals surface area contributed by atoms with Gasteiger partial charge in [0.1, 0.15) is 0 Å². The maximum atomic E-state index is 13.0. The molecule has 2 aliphatic carbocycles. The molecule has 150 valence electrons. The van der Waals surface area contributed by atoms with Crippen LogP contribution >= 0.6 is 11.6 Å². The summed E-state index contributed by atoms with van der Waals surface area (Å²) in [6, 6.07) is 4.90. The Balaban J connectivity index is 1.78. The number of carbonyl (C=O) groups excluding carboxylic acids is 1. The third-order valence-electron chi connectivity index (χ3n) is 6.13. The van der Waals surface area contributed by atoms with Crippen LogP contribution in [0.5, 0.6) is 0 Å². The van der Waals surface area contributed by atoms with Crippen LogP contribution in [0.3, 0.4) is 0 Å². The normalized spacial score (nSPS) is 25.8. The minimum absolute atomic E-state index is 0.0131. The van der Waals surface area contributed by atoms with Crippen molar-refractivity contribution in [2.24, 2.45) is 5.92 Å². The molecular formula is C20H23ClN2O5. The van der Waals surface area contributed by atoms with Gasteiger partial charge in [0, 0.05) is 29.4 Å². The number of carboxylic acid groups (broad SMARTS) is 2. The first-order valence-electron chi connectivity index (χ1n) is 9.73. The highest BCUT2D eigenvalue weighted by atomic mass is 35.5. The Labute approximate surface area is 167 Å². The van der Waals surface area contributed by atoms with Crippen molar-refractivity contribution in [1.82, 2.24) is 4.90 Å². The molecule has 1 aromatic carbocycles. The third kappa shape index (κ3) is 3.32. The molecule has 1 aliphatic heterocycles. The van der Waals surface area contributed by atoms with E-state index < -0.39 is 12.1 Å². The van der Waals surface area contributed by atoms with Crippen LogP contribution < -0.4 is 4.90 Å². The first kappa shape index (κ1) is 19.1. The number of fused-ring (bicyclic) bond motifs is 2. The van der Waals surface area contributed by atoms with Crippen molar-refractivity contribution in [2.45, 2.75) is 63.1 Å². The summed E-state index contributed by atoms with van der Waals surface area (Å²) in [5.41, 5.74) is 1.34. The van der Waals surface area contributed by atoms with Crippen LogP contribution in [-0.2, 0) is 9.59 Å². The predicted molar refractivity (Wildman–Crippen MR) is 103 cm³/mol. The highest BCUT2D eigenvalue weighted by Gasteiger charge is 2.51. The molecule has 3 unspecified atom stereocenters. The molecule has 4 rings (SSSR count). The second-order valence-corrected chi connectivity index (χ2v) is 8.33. The molecule has 2 amide bonds. The lowest BCUT2D eigenvalue weighted by molar-refractivity contribution is -0.142. The van der Waals surface area contributed by atoms with Crippen molar-refractivity contribution < 1.29 is 24.6 Å². The topological polar surface area (TPSA) is 98.2 Å². The number of benzene rings is 1. The zero-order valence-corrected chi connectivity index (χ0v) is 16.1. The number of hydrogen-bond acceptors (Lipinski definition) is 3. The molecule has 0 saturated heterocycles. The van der Waals surface area contributed by atoms with E-state index in [0.29, 0.717) is 10.7 Å². The summed E-state index contributed by atoms with van der Waals surface area (Å²) in [5, 5.41) is 19.3. The molecule has 7 nitrogen and oxygen atoms in total. The molecule has 8 heteroatoms. The smallest absolute Gasteiger partial charge is 0.412 e. The minimum atomic E-state index is -1.01. The number of amides is 2. The van der Waals surface area contributed by atoms with Gasteiger partial charge in [0.2, 0.25) is 5.91 Å². The summed E-state index contributed by atoms with van der Waals surface area (Å²) >= 11 is 6.17. The van der Waals surface area contributed by atoms with Crippen molar-refractivity contribution in [3.63, 3.8) is 0 Å². The molecule has 3 atom stereocenters. The molecule has 3 aliphatic rings. The summed E-state index contributed by atoms with van der Waals surface area (Å²) in [5.74, 6) is -1.14. The lowest BCUT2D eigenvalue weighted by Gasteiger charge is -2.47. The van der Waals surface area contributed by atoms with Gasteiger partial charge in [-0.3, -0.25) is 14.5 Å². The second kappa shape index (κ2) is 7.28. The molecule has 2 fully saturated rings. The van der Waals surface area contributed by atoms with Gasteiger partial charge in [-0.2, -0.15) is 0 Å². The Hall–Kier alpha value is -2.28. The largest absolute Gasteiger partial charge is 0.481 e. The third-order valence-corrected chi connectivity index (χ3v) is 6.36. The maximum absolute atomic E-state index is 13.0. The van der Waals surface area contributed by atoms with Gasteiger partial charge in [-0.05, 0) is 43.4 Å². The summed E-state index contributed by atoms with van der Waals surface area (Å²) in [6.45, 7) is 0. The molecule has 2 saturated carbocycles. The quantitative estimate of drug-likeness (QED) is 0.772. The number of aliphatic carboxylic acids is 1. The Morgan fingerprint density at radius 2 is 1.86 bits per heavy atom. The number of halogens is 1. The average molecular weight is 407 g/mol. The van der Waals surface area contributed by atoms with Crippen LogP contribution in [0.1, 0.15) is 56.6 Å². The second-order valence-electron chi connectivity index (χ2n) is 7.89. The van der Waals surface area contributed by atoms with Gasteiger partial charge in [-0.15, -0.1) is 0 Å². The van der Waals surface area contributed by atoms with E-state index in [-0.39, 0.29) is 42.8 Å². The van der Waals surface area contributed by atoms with Gasteiger partial charge < -0.3 is 15.1 Å². The van der Waals surface area contributed by atoms with Crippen molar-refractivity contribution in [3.8, 4) is 0 Å². The summed E-state index contributed by atoms with van der Waals surface area (Å²) in [7, 11) is 0. The fourth-order valence-corrected chi connectivity index (χ4v) is 5.09. The highest BCUT2D eigenvalue weighted by molar-refractivity contribution is 6.31. The Bertz CT molecular complexity index is 825. The Morgan fingerprint density at radius 1 is 1.11 bits per heavy atom. The zero-order valence-electron chi connectivity index (χ0n) is 15.4. The molecule has 28 heavy (non-hydrogen) atoms. The van der Waals surface area contributed by atoms with Crippen LogP contribution in [0.4, 0.5) is 10.5 Å². The lowest BCUT2D eigenvalue weighted by atomic mass is 9.81. The number of anilines is 1. The molecule has 1 aromatic rings. The number of rotatable bonds is 5. The van der Waals surface area contributed by atoms with Crippen LogP contribution in [0.2, 0.25) is 5.02 Å². The first-order chi connectivity index (χ1) is 13.4. The van der Waals surface area contributed by atoms with Crippen molar-refractivity contribution in [2.75, 3.05) is 4.90 Å². The Kier molecular flexibility index (Phi) is 4.95. The van der Waals surface area contributed by atoms with Gasteiger partial charge in [0.05, 0.1) is 18.2 Å². The van der Waals surface area contributed by atoms with Gasteiger partial charge in [0.25, 0.3) is 0 Å². The van der Waals surface area contributed by atoms with E-state index in [1.165, 1.54) is 4.90 Å². The molecule has 2 N–H and O–H groups in total. The van der Waals surface area contributed by atoms with Crippen LogP contribution in [0, 0.1) is 5.92 Å². The molecule has 0 bridgehead atoms. The van der Waals surface area contributed by atoms with Crippen LogP contribution in [0.25, 0.3) is 0 Å².